The Kier molecular flexibility index (Phi) is 4.51. The lowest BCUT2D eigenvalue weighted by Gasteiger charge is -2.36. The van der Waals surface area contributed by atoms with Crippen molar-refractivity contribution in [1.82, 2.24) is 20.1 Å². The minimum Gasteiger partial charge on any atom is -0.335 e. The third kappa shape index (κ3) is 3.63. The summed E-state index contributed by atoms with van der Waals surface area (Å²) in [4.78, 5) is 16.6. The molecular formula is C20H22FN5O. The topological polar surface area (TPSA) is 71.8 Å². The number of hydrogen-bond donors (Lipinski definition) is 2. The second-order valence-corrected chi connectivity index (χ2v) is 7.34. The Hall–Kier alpha value is -2.96. The van der Waals surface area contributed by atoms with Crippen molar-refractivity contribution in [3.8, 4) is 0 Å². The monoisotopic (exact) mass is 367 g/mol. The van der Waals surface area contributed by atoms with E-state index in [1.807, 2.05) is 30.7 Å². The standard InChI is InChI=1S/C20H22FN5O/c1-12(2)26-19-15(10-23-26)9-18(11-22-19)25-20(27)24-17-7-14(8-17)13-4-3-5-16(21)6-13/h3-6,9-12,14,17H,7-8H2,1-2H3,(H2,24,25,27). The second-order valence-electron chi connectivity index (χ2n) is 7.34. The molecular weight excluding hydrogens is 345 g/mol. The predicted octanol–water partition coefficient (Wildman–Crippen LogP) is 4.22. The van der Waals surface area contributed by atoms with Crippen LogP contribution in [-0.2, 0) is 0 Å². The van der Waals surface area contributed by atoms with Crippen LogP contribution in [0.15, 0.2) is 42.7 Å². The van der Waals surface area contributed by atoms with E-state index in [1.165, 1.54) is 6.07 Å². The maximum absolute atomic E-state index is 13.3. The Morgan fingerprint density at radius 3 is 2.81 bits per heavy atom. The zero-order chi connectivity index (χ0) is 19.0. The molecule has 1 saturated carbocycles. The molecule has 0 spiro atoms. The number of amides is 2. The van der Waals surface area contributed by atoms with Crippen LogP contribution in [0, 0.1) is 5.82 Å². The Balaban J connectivity index is 1.33. The summed E-state index contributed by atoms with van der Waals surface area (Å²) in [6, 6.07) is 8.60. The zero-order valence-corrected chi connectivity index (χ0v) is 15.3. The van der Waals surface area contributed by atoms with Crippen molar-refractivity contribution in [2.45, 2.75) is 44.7 Å². The number of pyridine rings is 1. The van der Waals surface area contributed by atoms with E-state index in [0.717, 1.165) is 29.4 Å². The van der Waals surface area contributed by atoms with Gasteiger partial charge in [-0.05, 0) is 56.4 Å². The highest BCUT2D eigenvalue weighted by Gasteiger charge is 2.31. The second kappa shape index (κ2) is 6.98. The number of rotatable bonds is 4. The molecule has 0 saturated heterocycles. The number of fused-ring (bicyclic) bond motifs is 1. The summed E-state index contributed by atoms with van der Waals surface area (Å²) in [5.41, 5.74) is 2.42. The maximum atomic E-state index is 13.3. The van der Waals surface area contributed by atoms with Crippen molar-refractivity contribution < 1.29 is 9.18 Å². The molecule has 1 fully saturated rings. The van der Waals surface area contributed by atoms with E-state index in [-0.39, 0.29) is 23.9 Å². The molecule has 0 radical (unpaired) electrons. The Morgan fingerprint density at radius 1 is 1.26 bits per heavy atom. The average molecular weight is 367 g/mol. The average Bonchev–Trinajstić information content (AvgIpc) is 3.01. The van der Waals surface area contributed by atoms with Crippen molar-refractivity contribution in [2.24, 2.45) is 0 Å². The fourth-order valence-electron chi connectivity index (χ4n) is 3.51. The van der Waals surface area contributed by atoms with Gasteiger partial charge < -0.3 is 10.6 Å². The molecule has 0 unspecified atom stereocenters. The number of halogens is 1. The SMILES string of the molecule is CC(C)n1ncc2cc(NC(=O)NC3CC(c4cccc(F)c4)C3)cnc21. The molecule has 2 N–H and O–H groups in total. The van der Waals surface area contributed by atoms with Gasteiger partial charge >= 0.3 is 6.03 Å². The summed E-state index contributed by atoms with van der Waals surface area (Å²) in [5, 5.41) is 11.0. The number of anilines is 1. The Morgan fingerprint density at radius 2 is 2.07 bits per heavy atom. The number of benzene rings is 1. The van der Waals surface area contributed by atoms with Crippen LogP contribution in [0.25, 0.3) is 11.0 Å². The molecule has 0 atom stereocenters. The van der Waals surface area contributed by atoms with Crippen LogP contribution in [0.2, 0.25) is 0 Å². The molecule has 0 aliphatic heterocycles. The highest BCUT2D eigenvalue weighted by molar-refractivity contribution is 5.91. The largest absolute Gasteiger partial charge is 0.335 e. The number of urea groups is 1. The molecule has 140 valence electrons. The Labute approximate surface area is 156 Å². The van der Waals surface area contributed by atoms with E-state index in [2.05, 4.69) is 20.7 Å². The van der Waals surface area contributed by atoms with E-state index < -0.39 is 0 Å². The molecule has 1 aliphatic rings. The van der Waals surface area contributed by atoms with Gasteiger partial charge in [0.1, 0.15) is 5.82 Å². The van der Waals surface area contributed by atoms with Crippen LogP contribution in [-0.4, -0.2) is 26.8 Å². The van der Waals surface area contributed by atoms with Crippen LogP contribution in [0.4, 0.5) is 14.9 Å². The summed E-state index contributed by atoms with van der Waals surface area (Å²) in [5.74, 6) is 0.0798. The molecule has 0 bridgehead atoms. The maximum Gasteiger partial charge on any atom is 0.319 e. The quantitative estimate of drug-likeness (QED) is 0.725. The smallest absolute Gasteiger partial charge is 0.319 e. The van der Waals surface area contributed by atoms with E-state index >= 15 is 0 Å². The first-order valence-electron chi connectivity index (χ1n) is 9.16. The molecule has 1 aromatic carbocycles. The normalized spacial score (nSPS) is 19.1. The minimum atomic E-state index is -0.255. The van der Waals surface area contributed by atoms with Crippen molar-refractivity contribution in [1.29, 1.82) is 0 Å². The molecule has 6 nitrogen and oxygen atoms in total. The van der Waals surface area contributed by atoms with E-state index in [1.54, 1.807) is 24.5 Å². The molecule has 2 heterocycles. The summed E-state index contributed by atoms with van der Waals surface area (Å²) >= 11 is 0. The molecule has 1 aliphatic carbocycles. The third-order valence-electron chi connectivity index (χ3n) is 4.97. The van der Waals surface area contributed by atoms with E-state index in [0.29, 0.717) is 11.6 Å². The number of nitrogens with zero attached hydrogens (tertiary/aromatic N) is 3. The van der Waals surface area contributed by atoms with Gasteiger partial charge in [-0.15, -0.1) is 0 Å². The van der Waals surface area contributed by atoms with Gasteiger partial charge in [0.2, 0.25) is 0 Å². The lowest BCUT2D eigenvalue weighted by atomic mass is 9.76. The molecule has 2 amide bonds. The van der Waals surface area contributed by atoms with Gasteiger partial charge in [-0.3, -0.25) is 0 Å². The Bertz CT molecular complexity index is 977. The highest BCUT2D eigenvalue weighted by Crippen LogP contribution is 2.37. The van der Waals surface area contributed by atoms with Gasteiger partial charge in [0, 0.05) is 17.5 Å². The van der Waals surface area contributed by atoms with Crippen LogP contribution >= 0.6 is 0 Å². The molecule has 27 heavy (non-hydrogen) atoms. The van der Waals surface area contributed by atoms with Crippen molar-refractivity contribution in [2.75, 3.05) is 5.32 Å². The van der Waals surface area contributed by atoms with Gasteiger partial charge in [0.15, 0.2) is 5.65 Å². The first-order chi connectivity index (χ1) is 13.0. The minimum absolute atomic E-state index is 0.0960. The fraction of sp³-hybridized carbons (Fsp3) is 0.350. The summed E-state index contributed by atoms with van der Waals surface area (Å²) < 4.78 is 15.1. The van der Waals surface area contributed by atoms with Gasteiger partial charge in [-0.25, -0.2) is 18.9 Å². The lowest BCUT2D eigenvalue weighted by molar-refractivity contribution is 0.233. The summed E-state index contributed by atoms with van der Waals surface area (Å²) in [6.07, 6.45) is 5.02. The van der Waals surface area contributed by atoms with Gasteiger partial charge in [0.25, 0.3) is 0 Å². The van der Waals surface area contributed by atoms with E-state index in [4.69, 9.17) is 0 Å². The van der Waals surface area contributed by atoms with Crippen LogP contribution < -0.4 is 10.6 Å². The van der Waals surface area contributed by atoms with E-state index in [9.17, 15) is 9.18 Å². The number of nitrogens with one attached hydrogen (secondary N) is 2. The number of hydrogen-bond acceptors (Lipinski definition) is 3. The van der Waals surface area contributed by atoms with Gasteiger partial charge in [-0.1, -0.05) is 12.1 Å². The fourth-order valence-corrected chi connectivity index (χ4v) is 3.51. The third-order valence-corrected chi connectivity index (χ3v) is 4.97. The van der Waals surface area contributed by atoms with Crippen LogP contribution in [0.3, 0.4) is 0 Å². The van der Waals surface area contributed by atoms with Crippen molar-refractivity contribution >= 4 is 22.8 Å². The number of aromatic nitrogens is 3. The summed E-state index contributed by atoms with van der Waals surface area (Å²) in [7, 11) is 0. The van der Waals surface area contributed by atoms with Crippen LogP contribution in [0.1, 0.15) is 44.2 Å². The molecule has 7 heteroatoms. The summed E-state index contributed by atoms with van der Waals surface area (Å²) in [6.45, 7) is 4.09. The van der Waals surface area contributed by atoms with Crippen LogP contribution in [0.5, 0.6) is 0 Å². The van der Waals surface area contributed by atoms with Gasteiger partial charge in [0.05, 0.1) is 18.1 Å². The first-order valence-corrected chi connectivity index (χ1v) is 9.16. The molecule has 3 aromatic rings. The van der Waals surface area contributed by atoms with Gasteiger partial charge in [-0.2, -0.15) is 5.10 Å². The molecule has 4 rings (SSSR count). The zero-order valence-electron chi connectivity index (χ0n) is 15.3. The highest BCUT2D eigenvalue weighted by atomic mass is 19.1. The first kappa shape index (κ1) is 17.5. The number of carbonyl (C=O) groups excluding carboxylic acids is 1. The molecule has 2 aromatic heterocycles. The predicted molar refractivity (Wildman–Crippen MR) is 102 cm³/mol. The number of carbonyl (C=O) groups is 1. The van der Waals surface area contributed by atoms with Crippen molar-refractivity contribution in [3.63, 3.8) is 0 Å². The lowest BCUT2D eigenvalue weighted by Crippen LogP contribution is -2.45. The van der Waals surface area contributed by atoms with Crippen molar-refractivity contribution in [3.05, 3.63) is 54.1 Å².